The van der Waals surface area contributed by atoms with Crippen LogP contribution in [0.25, 0.3) is 22.8 Å². The Labute approximate surface area is 303 Å². The standard InChI is InChI=1S/C38H38BrClN6O2S/c1-24-34(36(48)46(43(24)2)30-8-4-3-5-9-30)45-35(31-10-6-7-11-32(31)39)41-42-37(45)49-23-33(47)44(22-25-12-14-29(40)15-13-25)38-19-26-16-27(20-38)18-28(17-26)21-38/h3-15,26-28H,16-23H2,1-2H3. The van der Waals surface area contributed by atoms with E-state index in [4.69, 9.17) is 11.6 Å². The molecular formula is C38H38BrClN6O2S. The van der Waals surface area contributed by atoms with Gasteiger partial charge in [-0.05, 0) is 99.1 Å². The fraction of sp³-hybridized carbons (Fsp3) is 0.368. The van der Waals surface area contributed by atoms with Gasteiger partial charge in [-0.1, -0.05) is 87.8 Å². The summed E-state index contributed by atoms with van der Waals surface area (Å²) in [6, 6.07) is 25.3. The molecule has 4 aliphatic rings. The van der Waals surface area contributed by atoms with E-state index in [1.165, 1.54) is 31.0 Å². The number of nitrogens with zero attached hydrogens (tertiary/aromatic N) is 6. The van der Waals surface area contributed by atoms with Crippen molar-refractivity contribution in [2.45, 2.75) is 62.7 Å². The molecule has 0 saturated heterocycles. The van der Waals surface area contributed by atoms with Gasteiger partial charge >= 0.3 is 0 Å². The van der Waals surface area contributed by atoms with Gasteiger partial charge in [-0.15, -0.1) is 10.2 Å². The molecule has 2 aromatic heterocycles. The van der Waals surface area contributed by atoms with Crippen molar-refractivity contribution in [3.8, 4) is 22.8 Å². The molecule has 3 aromatic carbocycles. The lowest BCUT2D eigenvalue weighted by atomic mass is 9.52. The molecule has 0 unspecified atom stereocenters. The lowest BCUT2D eigenvalue weighted by Crippen LogP contribution is -2.61. The van der Waals surface area contributed by atoms with Crippen molar-refractivity contribution in [3.63, 3.8) is 0 Å². The number of amides is 1. The van der Waals surface area contributed by atoms with Crippen LogP contribution in [0.2, 0.25) is 5.02 Å². The summed E-state index contributed by atoms with van der Waals surface area (Å²) in [5, 5.41) is 10.5. The molecule has 4 bridgehead atoms. The van der Waals surface area contributed by atoms with Crippen molar-refractivity contribution in [2.75, 3.05) is 5.75 Å². The number of thioether (sulfide) groups is 1. The van der Waals surface area contributed by atoms with Crippen LogP contribution < -0.4 is 5.56 Å². The predicted octanol–water partition coefficient (Wildman–Crippen LogP) is 8.24. The molecular weight excluding hydrogens is 720 g/mol. The predicted molar refractivity (Wildman–Crippen MR) is 197 cm³/mol. The molecule has 0 atom stereocenters. The highest BCUT2D eigenvalue weighted by atomic mass is 79.9. The lowest BCUT2D eigenvalue weighted by molar-refractivity contribution is -0.149. The summed E-state index contributed by atoms with van der Waals surface area (Å²) in [6.07, 6.45) is 7.13. The van der Waals surface area contributed by atoms with E-state index in [1.807, 2.05) is 102 Å². The Hall–Kier alpha value is -3.60. The zero-order valence-electron chi connectivity index (χ0n) is 27.6. The molecule has 1 amide bonds. The van der Waals surface area contributed by atoms with Gasteiger partial charge in [-0.25, -0.2) is 4.68 Å². The first-order valence-corrected chi connectivity index (χ1v) is 19.1. The van der Waals surface area contributed by atoms with E-state index in [0.29, 0.717) is 46.0 Å². The Morgan fingerprint density at radius 3 is 2.22 bits per heavy atom. The Balaban J connectivity index is 1.18. The average molecular weight is 758 g/mol. The van der Waals surface area contributed by atoms with Crippen LogP contribution in [-0.2, 0) is 18.4 Å². The number of benzene rings is 3. The first-order chi connectivity index (χ1) is 23.7. The summed E-state index contributed by atoms with van der Waals surface area (Å²) < 4.78 is 6.19. The minimum absolute atomic E-state index is 0.0883. The number of hydrogen-bond acceptors (Lipinski definition) is 5. The van der Waals surface area contributed by atoms with E-state index >= 15 is 0 Å². The maximum absolute atomic E-state index is 14.6. The van der Waals surface area contributed by atoms with Crippen molar-refractivity contribution in [1.29, 1.82) is 0 Å². The van der Waals surface area contributed by atoms with Gasteiger partial charge < -0.3 is 4.90 Å². The molecule has 8 nitrogen and oxygen atoms in total. The first kappa shape index (κ1) is 32.6. The SMILES string of the molecule is Cc1c(-n2c(SCC(=O)N(Cc3ccc(Cl)cc3)C34CC5CC(CC(C5)C3)C4)nnc2-c2ccccc2Br)c(=O)n(-c2ccccc2)n1C. The molecule has 252 valence electrons. The van der Waals surface area contributed by atoms with Gasteiger partial charge in [-0.2, -0.15) is 0 Å². The molecule has 0 aliphatic heterocycles. The molecule has 11 heteroatoms. The van der Waals surface area contributed by atoms with Crippen molar-refractivity contribution < 1.29 is 4.79 Å². The van der Waals surface area contributed by atoms with E-state index < -0.39 is 0 Å². The second kappa shape index (κ2) is 12.9. The zero-order chi connectivity index (χ0) is 33.9. The van der Waals surface area contributed by atoms with Crippen LogP contribution >= 0.6 is 39.3 Å². The van der Waals surface area contributed by atoms with E-state index in [0.717, 1.165) is 46.2 Å². The molecule has 4 fully saturated rings. The summed E-state index contributed by atoms with van der Waals surface area (Å²) in [7, 11) is 1.88. The molecule has 0 spiro atoms. The number of halogens is 2. The Kier molecular flexibility index (Phi) is 8.61. The van der Waals surface area contributed by atoms with Crippen molar-refractivity contribution in [1.82, 2.24) is 29.0 Å². The average Bonchev–Trinajstić information content (AvgIpc) is 3.59. The lowest BCUT2D eigenvalue weighted by Gasteiger charge is -2.60. The fourth-order valence-corrected chi connectivity index (χ4v) is 10.5. The van der Waals surface area contributed by atoms with Crippen LogP contribution in [-0.4, -0.2) is 46.2 Å². The molecule has 4 saturated carbocycles. The highest BCUT2D eigenvalue weighted by Gasteiger charge is 2.54. The quantitative estimate of drug-likeness (QED) is 0.142. The summed E-state index contributed by atoms with van der Waals surface area (Å²) in [6.45, 7) is 2.48. The van der Waals surface area contributed by atoms with Crippen LogP contribution in [0.15, 0.2) is 93.3 Å². The normalized spacial score (nSPS) is 22.5. The van der Waals surface area contributed by atoms with Gasteiger partial charge in [0, 0.05) is 34.2 Å². The van der Waals surface area contributed by atoms with Gasteiger partial charge in [0.25, 0.3) is 5.56 Å². The van der Waals surface area contributed by atoms with Crippen molar-refractivity contribution >= 4 is 45.2 Å². The van der Waals surface area contributed by atoms with E-state index in [2.05, 4.69) is 31.0 Å². The summed E-state index contributed by atoms with van der Waals surface area (Å²) in [5.41, 5.74) is 3.55. The minimum Gasteiger partial charge on any atom is -0.332 e. The molecule has 4 aliphatic carbocycles. The fourth-order valence-electron chi connectivity index (χ4n) is 9.09. The number of aromatic nitrogens is 5. The number of carbonyl (C=O) groups is 1. The van der Waals surface area contributed by atoms with Crippen molar-refractivity contribution in [2.24, 2.45) is 24.8 Å². The van der Waals surface area contributed by atoms with Crippen LogP contribution in [0.1, 0.15) is 49.8 Å². The van der Waals surface area contributed by atoms with E-state index in [9.17, 15) is 9.59 Å². The van der Waals surface area contributed by atoms with Crippen molar-refractivity contribution in [3.05, 3.63) is 110 Å². The topological polar surface area (TPSA) is 78.0 Å². The second-order valence-electron chi connectivity index (χ2n) is 14.1. The van der Waals surface area contributed by atoms with Crippen LogP contribution in [0.3, 0.4) is 0 Å². The molecule has 0 N–H and O–H groups in total. The smallest absolute Gasteiger partial charge is 0.296 e. The number of rotatable bonds is 9. The van der Waals surface area contributed by atoms with Crippen LogP contribution in [0, 0.1) is 24.7 Å². The van der Waals surface area contributed by atoms with Gasteiger partial charge in [0.1, 0.15) is 5.69 Å². The van der Waals surface area contributed by atoms with Crippen LogP contribution in [0.5, 0.6) is 0 Å². The highest BCUT2D eigenvalue weighted by Crippen LogP contribution is 2.58. The van der Waals surface area contributed by atoms with Gasteiger partial charge in [0.15, 0.2) is 11.0 Å². The third-order valence-electron chi connectivity index (χ3n) is 11.0. The maximum Gasteiger partial charge on any atom is 0.296 e. The largest absolute Gasteiger partial charge is 0.332 e. The maximum atomic E-state index is 14.6. The third kappa shape index (κ3) is 5.89. The van der Waals surface area contributed by atoms with Gasteiger partial charge in [-0.3, -0.25) is 18.8 Å². The number of carbonyl (C=O) groups excluding carboxylic acids is 1. The Morgan fingerprint density at radius 1 is 0.939 bits per heavy atom. The third-order valence-corrected chi connectivity index (χ3v) is 12.8. The van der Waals surface area contributed by atoms with E-state index in [-0.39, 0.29) is 22.8 Å². The molecule has 49 heavy (non-hydrogen) atoms. The number of hydrogen-bond donors (Lipinski definition) is 0. The van der Waals surface area contributed by atoms with Gasteiger partial charge in [0.05, 0.1) is 17.1 Å². The first-order valence-electron chi connectivity index (χ1n) is 16.9. The molecule has 5 aromatic rings. The Bertz CT molecular complexity index is 2050. The van der Waals surface area contributed by atoms with Crippen LogP contribution in [0.4, 0.5) is 0 Å². The summed E-state index contributed by atoms with van der Waals surface area (Å²) in [4.78, 5) is 31.1. The molecule has 0 radical (unpaired) electrons. The minimum atomic E-state index is -0.189. The highest BCUT2D eigenvalue weighted by molar-refractivity contribution is 9.10. The summed E-state index contributed by atoms with van der Waals surface area (Å²) >= 11 is 11.3. The zero-order valence-corrected chi connectivity index (χ0v) is 30.7. The molecule has 9 rings (SSSR count). The van der Waals surface area contributed by atoms with Gasteiger partial charge in [0.2, 0.25) is 5.91 Å². The Morgan fingerprint density at radius 2 is 1.57 bits per heavy atom. The monoisotopic (exact) mass is 756 g/mol. The molecule has 2 heterocycles. The summed E-state index contributed by atoms with van der Waals surface area (Å²) in [5.74, 6) is 2.90. The van der Waals surface area contributed by atoms with E-state index in [1.54, 1.807) is 4.68 Å². The second-order valence-corrected chi connectivity index (χ2v) is 16.3. The number of para-hydroxylation sites is 1.